The summed E-state index contributed by atoms with van der Waals surface area (Å²) in [4.78, 5) is 11.4. The first kappa shape index (κ1) is 21.6. The Morgan fingerprint density at radius 1 is 0.933 bits per heavy atom. The number of fused-ring (bicyclic) bond motifs is 1. The van der Waals surface area contributed by atoms with Gasteiger partial charge in [-0.05, 0) is 35.4 Å². The SMILES string of the molecule is COC(=O)COc1cccc2c(CC=CS(=O)(=O)CCc3ccccc3)cccc12. The summed E-state index contributed by atoms with van der Waals surface area (Å²) < 4.78 is 34.9. The molecule has 0 aliphatic rings. The van der Waals surface area contributed by atoms with Crippen LogP contribution < -0.4 is 4.74 Å². The number of aryl methyl sites for hydroxylation is 1. The number of allylic oxidation sites excluding steroid dienone is 1. The van der Waals surface area contributed by atoms with Crippen molar-refractivity contribution >= 4 is 26.6 Å². The second kappa shape index (κ2) is 10.1. The number of benzene rings is 3. The van der Waals surface area contributed by atoms with E-state index in [9.17, 15) is 13.2 Å². The highest BCUT2D eigenvalue weighted by Gasteiger charge is 2.09. The Morgan fingerprint density at radius 2 is 1.67 bits per heavy atom. The quantitative estimate of drug-likeness (QED) is 0.484. The Labute approximate surface area is 176 Å². The summed E-state index contributed by atoms with van der Waals surface area (Å²) in [6, 6.07) is 20.9. The van der Waals surface area contributed by atoms with Gasteiger partial charge in [-0.3, -0.25) is 0 Å². The molecule has 0 heterocycles. The van der Waals surface area contributed by atoms with E-state index in [0.717, 1.165) is 21.9 Å². The maximum absolute atomic E-state index is 12.3. The lowest BCUT2D eigenvalue weighted by Crippen LogP contribution is -2.12. The van der Waals surface area contributed by atoms with E-state index in [0.29, 0.717) is 18.6 Å². The van der Waals surface area contributed by atoms with Crippen LogP contribution in [0.25, 0.3) is 10.8 Å². The van der Waals surface area contributed by atoms with Gasteiger partial charge < -0.3 is 9.47 Å². The van der Waals surface area contributed by atoms with Gasteiger partial charge in [0, 0.05) is 10.8 Å². The van der Waals surface area contributed by atoms with Gasteiger partial charge in [-0.25, -0.2) is 13.2 Å². The summed E-state index contributed by atoms with van der Waals surface area (Å²) in [5.41, 5.74) is 1.98. The van der Waals surface area contributed by atoms with E-state index in [-0.39, 0.29) is 12.4 Å². The first-order valence-electron chi connectivity index (χ1n) is 9.62. The molecule has 6 heteroatoms. The van der Waals surface area contributed by atoms with Crippen LogP contribution in [0, 0.1) is 0 Å². The van der Waals surface area contributed by atoms with Crippen molar-refractivity contribution < 1.29 is 22.7 Å². The van der Waals surface area contributed by atoms with Crippen molar-refractivity contribution in [1.29, 1.82) is 0 Å². The third-order valence-electron chi connectivity index (χ3n) is 4.70. The van der Waals surface area contributed by atoms with E-state index >= 15 is 0 Å². The molecule has 0 saturated heterocycles. The Hall–Kier alpha value is -3.12. The zero-order valence-corrected chi connectivity index (χ0v) is 17.6. The average molecular weight is 425 g/mol. The van der Waals surface area contributed by atoms with E-state index < -0.39 is 15.8 Å². The highest BCUT2D eigenvalue weighted by atomic mass is 32.2. The molecule has 3 aromatic rings. The molecule has 0 N–H and O–H groups in total. The Morgan fingerprint density at radius 3 is 2.43 bits per heavy atom. The minimum absolute atomic E-state index is 0.0779. The maximum atomic E-state index is 12.3. The molecule has 0 spiro atoms. The topological polar surface area (TPSA) is 69.7 Å². The van der Waals surface area contributed by atoms with Crippen molar-refractivity contribution in [2.45, 2.75) is 12.8 Å². The number of carbonyl (C=O) groups excluding carboxylic acids is 1. The van der Waals surface area contributed by atoms with Crippen LogP contribution in [0.5, 0.6) is 5.75 Å². The molecule has 0 unspecified atom stereocenters. The molecule has 0 fully saturated rings. The lowest BCUT2D eigenvalue weighted by molar-refractivity contribution is -0.142. The lowest BCUT2D eigenvalue weighted by atomic mass is 10.0. The van der Waals surface area contributed by atoms with Gasteiger partial charge in [0.15, 0.2) is 16.4 Å². The molecule has 3 rings (SSSR count). The summed E-state index contributed by atoms with van der Waals surface area (Å²) in [5, 5.41) is 3.11. The van der Waals surface area contributed by atoms with Crippen LogP contribution in [0.2, 0.25) is 0 Å². The molecule has 5 nitrogen and oxygen atoms in total. The summed E-state index contributed by atoms with van der Waals surface area (Å²) in [7, 11) is -1.98. The summed E-state index contributed by atoms with van der Waals surface area (Å²) >= 11 is 0. The third kappa shape index (κ3) is 5.94. The van der Waals surface area contributed by atoms with Gasteiger partial charge in [-0.15, -0.1) is 0 Å². The molecule has 0 radical (unpaired) electrons. The molecular weight excluding hydrogens is 400 g/mol. The van der Waals surface area contributed by atoms with Gasteiger partial charge in [0.2, 0.25) is 0 Å². The molecule has 30 heavy (non-hydrogen) atoms. The van der Waals surface area contributed by atoms with Crippen LogP contribution in [0.1, 0.15) is 11.1 Å². The van der Waals surface area contributed by atoms with Gasteiger partial charge >= 0.3 is 5.97 Å². The fourth-order valence-corrected chi connectivity index (χ4v) is 4.19. The standard InChI is InChI=1S/C24H24O5S/c1-28-24(25)18-29-23-14-6-12-21-20(10-5-13-22(21)23)11-7-16-30(26,27)17-15-19-8-3-2-4-9-19/h2-10,12-14,16H,11,15,17-18H2,1H3. The normalized spacial score (nSPS) is 11.6. The van der Waals surface area contributed by atoms with Crippen LogP contribution in [-0.2, 0) is 32.2 Å². The summed E-state index contributed by atoms with van der Waals surface area (Å²) in [6.45, 7) is -0.167. The fourth-order valence-electron chi connectivity index (χ4n) is 3.14. The molecule has 156 valence electrons. The minimum atomic E-state index is -3.29. The highest BCUT2D eigenvalue weighted by molar-refractivity contribution is 7.94. The van der Waals surface area contributed by atoms with Crippen LogP contribution in [0.15, 0.2) is 78.2 Å². The molecule has 0 saturated carbocycles. The third-order valence-corrected chi connectivity index (χ3v) is 6.09. The molecule has 0 bridgehead atoms. The Bertz CT molecular complexity index is 1130. The number of methoxy groups -OCH3 is 1. The van der Waals surface area contributed by atoms with E-state index in [1.54, 1.807) is 12.1 Å². The van der Waals surface area contributed by atoms with Gasteiger partial charge in [-0.1, -0.05) is 66.7 Å². The summed E-state index contributed by atoms with van der Waals surface area (Å²) in [5.74, 6) is 0.209. The largest absolute Gasteiger partial charge is 0.481 e. The van der Waals surface area contributed by atoms with Gasteiger partial charge in [0.25, 0.3) is 0 Å². The first-order valence-corrected chi connectivity index (χ1v) is 11.3. The number of sulfone groups is 1. The molecule has 0 aliphatic carbocycles. The van der Waals surface area contributed by atoms with E-state index in [4.69, 9.17) is 4.74 Å². The number of ether oxygens (including phenoxy) is 2. The molecule has 0 amide bonds. The monoisotopic (exact) mass is 424 g/mol. The fraction of sp³-hybridized carbons (Fsp3) is 0.208. The Balaban J connectivity index is 1.70. The number of rotatable bonds is 9. The number of hydrogen-bond acceptors (Lipinski definition) is 5. The second-order valence-corrected chi connectivity index (χ2v) is 8.82. The zero-order chi connectivity index (χ0) is 21.4. The van der Waals surface area contributed by atoms with Gasteiger partial charge in [0.05, 0.1) is 12.9 Å². The molecule has 0 atom stereocenters. The van der Waals surface area contributed by atoms with E-state index in [1.165, 1.54) is 12.5 Å². The zero-order valence-electron chi connectivity index (χ0n) is 16.8. The lowest BCUT2D eigenvalue weighted by Gasteiger charge is -2.10. The molecule has 0 aromatic heterocycles. The van der Waals surface area contributed by atoms with Crippen LogP contribution in [0.3, 0.4) is 0 Å². The maximum Gasteiger partial charge on any atom is 0.343 e. The van der Waals surface area contributed by atoms with Crippen molar-refractivity contribution in [3.8, 4) is 5.75 Å². The number of esters is 1. The smallest absolute Gasteiger partial charge is 0.343 e. The summed E-state index contributed by atoms with van der Waals surface area (Å²) in [6.07, 6.45) is 2.64. The second-order valence-electron chi connectivity index (χ2n) is 6.81. The van der Waals surface area contributed by atoms with Gasteiger partial charge in [0.1, 0.15) is 5.75 Å². The molecule has 0 aliphatic heterocycles. The Kier molecular flexibility index (Phi) is 7.25. The number of hydrogen-bond donors (Lipinski definition) is 0. The number of carbonyl (C=O) groups is 1. The van der Waals surface area contributed by atoms with Crippen molar-refractivity contribution in [3.63, 3.8) is 0 Å². The van der Waals surface area contributed by atoms with Crippen molar-refractivity contribution in [3.05, 3.63) is 89.3 Å². The van der Waals surface area contributed by atoms with E-state index in [1.807, 2.05) is 60.7 Å². The van der Waals surface area contributed by atoms with Crippen molar-refractivity contribution in [2.24, 2.45) is 0 Å². The average Bonchev–Trinajstić information content (AvgIpc) is 2.77. The van der Waals surface area contributed by atoms with Crippen molar-refractivity contribution in [2.75, 3.05) is 19.5 Å². The van der Waals surface area contributed by atoms with E-state index in [2.05, 4.69) is 4.74 Å². The van der Waals surface area contributed by atoms with Gasteiger partial charge in [-0.2, -0.15) is 0 Å². The highest BCUT2D eigenvalue weighted by Crippen LogP contribution is 2.28. The van der Waals surface area contributed by atoms with Crippen LogP contribution in [0.4, 0.5) is 0 Å². The predicted molar refractivity (Wildman–Crippen MR) is 118 cm³/mol. The van der Waals surface area contributed by atoms with Crippen LogP contribution >= 0.6 is 0 Å². The minimum Gasteiger partial charge on any atom is -0.481 e. The van der Waals surface area contributed by atoms with Crippen LogP contribution in [-0.4, -0.2) is 33.9 Å². The first-order chi connectivity index (χ1) is 14.5. The molecule has 3 aromatic carbocycles. The predicted octanol–water partition coefficient (Wildman–Crippen LogP) is 4.11. The molecular formula is C24H24O5S. The van der Waals surface area contributed by atoms with Crippen molar-refractivity contribution in [1.82, 2.24) is 0 Å².